The van der Waals surface area contributed by atoms with Crippen molar-refractivity contribution in [2.45, 2.75) is 77.0 Å². The Morgan fingerprint density at radius 2 is 0.704 bits per heavy atom. The Bertz CT molecular complexity index is 1700. The zero-order chi connectivity index (χ0) is 39.0. The Labute approximate surface area is 323 Å². The summed E-state index contributed by atoms with van der Waals surface area (Å²) in [7, 11) is 2.03. The van der Waals surface area contributed by atoms with E-state index in [1.165, 1.54) is 65.2 Å². The van der Waals surface area contributed by atoms with E-state index in [4.69, 9.17) is 18.9 Å². The summed E-state index contributed by atoms with van der Waals surface area (Å²) in [5, 5.41) is 0. The summed E-state index contributed by atoms with van der Waals surface area (Å²) in [6.45, 7) is 0. The molecular formula is C44H56O8P2+2. The fourth-order valence-electron chi connectivity index (χ4n) is 6.10. The lowest BCUT2D eigenvalue weighted by molar-refractivity contribution is 0.106. The van der Waals surface area contributed by atoms with Crippen molar-refractivity contribution in [3.05, 3.63) is 119 Å². The third kappa shape index (κ3) is 14.8. The maximum Gasteiger partial charge on any atom is 0.420 e. The highest BCUT2D eigenvalue weighted by Crippen LogP contribution is 2.39. The van der Waals surface area contributed by atoms with Gasteiger partial charge in [0.2, 0.25) is 0 Å². The number of hydrogen-bond donors (Lipinski definition) is 0. The number of carbonyl (C=O) groups is 2. The average molecular weight is 775 g/mol. The van der Waals surface area contributed by atoms with Gasteiger partial charge in [-0.1, -0.05) is 108 Å². The van der Waals surface area contributed by atoms with E-state index in [2.05, 4.69) is 42.5 Å². The first-order chi connectivity index (χ1) is 26.3. The Kier molecular flexibility index (Phi) is 20.9. The molecule has 2 atom stereocenters. The van der Waals surface area contributed by atoms with Crippen LogP contribution in [-0.2, 0) is 22.0 Å². The van der Waals surface area contributed by atoms with Crippen LogP contribution in [0.1, 0.15) is 96.1 Å². The van der Waals surface area contributed by atoms with Crippen LogP contribution in [0.5, 0.6) is 23.0 Å². The lowest BCUT2D eigenvalue weighted by atomic mass is 10.0. The summed E-state index contributed by atoms with van der Waals surface area (Å²) < 4.78 is 45.8. The van der Waals surface area contributed by atoms with E-state index in [1.807, 2.05) is 18.2 Å². The molecule has 54 heavy (non-hydrogen) atoms. The normalized spacial score (nSPS) is 11.1. The van der Waals surface area contributed by atoms with Crippen molar-refractivity contribution in [1.29, 1.82) is 0 Å². The molecule has 4 aromatic rings. The first-order valence-corrected chi connectivity index (χ1v) is 21.7. The zero-order valence-corrected chi connectivity index (χ0v) is 34.1. The number of methoxy groups -OCH3 is 4. The van der Waals surface area contributed by atoms with Gasteiger partial charge in [0.1, 0.15) is 23.0 Å². The van der Waals surface area contributed by atoms with Crippen molar-refractivity contribution in [2.24, 2.45) is 0 Å². The standard InChI is InChI=1S/C24H32O4P.C20H24O4P/c1-27-21-17-13-18-22(28-2)23(21)24(25)29(26)19-12-7-5-3-4-6-9-14-20-15-10-8-11-16-20;1-23-17-13-9-14-18(24-2)19(17)20(21)25(22)15-8-4-7-12-16-10-5-3-6-11-16/h8,10-11,13,15-18H,3-7,9,12,14,19H2,1-2H3;3,5-6,9-11,13-14H,4,7-8,12,15H2,1-2H3/q2*+1. The van der Waals surface area contributed by atoms with Crippen molar-refractivity contribution in [2.75, 3.05) is 40.8 Å². The van der Waals surface area contributed by atoms with Crippen molar-refractivity contribution < 1.29 is 37.7 Å². The first-order valence-electron chi connectivity index (χ1n) is 18.8. The van der Waals surface area contributed by atoms with Crippen LogP contribution in [0.2, 0.25) is 0 Å². The highest BCUT2D eigenvalue weighted by Gasteiger charge is 2.35. The van der Waals surface area contributed by atoms with E-state index in [9.17, 15) is 18.7 Å². The van der Waals surface area contributed by atoms with Gasteiger partial charge in [0, 0.05) is 0 Å². The number of rotatable bonds is 24. The number of carbonyl (C=O) groups excluding carboxylic acids is 2. The molecule has 0 spiro atoms. The number of benzene rings is 4. The summed E-state index contributed by atoms with van der Waals surface area (Å²) >= 11 is 0. The van der Waals surface area contributed by atoms with E-state index in [-0.39, 0.29) is 16.7 Å². The molecule has 4 aromatic carbocycles. The van der Waals surface area contributed by atoms with Crippen LogP contribution in [0.3, 0.4) is 0 Å². The van der Waals surface area contributed by atoms with Gasteiger partial charge in [-0.3, -0.25) is 0 Å². The van der Waals surface area contributed by atoms with Crippen LogP contribution in [0.15, 0.2) is 97.1 Å². The second-order valence-electron chi connectivity index (χ2n) is 12.9. The minimum Gasteiger partial charge on any atom is -0.496 e. The molecule has 0 aliphatic heterocycles. The second kappa shape index (κ2) is 25.6. The van der Waals surface area contributed by atoms with Crippen LogP contribution in [0.25, 0.3) is 0 Å². The minimum absolute atomic E-state index is 0.276. The fraction of sp³-hybridized carbons (Fsp3) is 0.409. The summed E-state index contributed by atoms with van der Waals surface area (Å²) in [4.78, 5) is 25.2. The van der Waals surface area contributed by atoms with E-state index in [0.717, 1.165) is 51.4 Å². The molecule has 288 valence electrons. The quantitative estimate of drug-likeness (QED) is 0.0512. The maximum atomic E-state index is 12.6. The summed E-state index contributed by atoms with van der Waals surface area (Å²) in [5.41, 5.74) is 2.51. The third-order valence-electron chi connectivity index (χ3n) is 9.08. The van der Waals surface area contributed by atoms with Crippen LogP contribution in [-0.4, -0.2) is 51.8 Å². The summed E-state index contributed by atoms with van der Waals surface area (Å²) in [6, 6.07) is 31.1. The zero-order valence-electron chi connectivity index (χ0n) is 32.3. The lowest BCUT2D eigenvalue weighted by Gasteiger charge is -2.07. The molecule has 0 radical (unpaired) electrons. The Hall–Kier alpha value is -4.38. The molecule has 0 bridgehead atoms. The van der Waals surface area contributed by atoms with Gasteiger partial charge in [0.05, 0.1) is 28.4 Å². The topological polar surface area (TPSA) is 105 Å². The molecule has 0 aromatic heterocycles. The Balaban J connectivity index is 0.000000294. The summed E-state index contributed by atoms with van der Waals surface area (Å²) in [6.07, 6.45) is 13.6. The molecule has 0 amide bonds. The second-order valence-corrected chi connectivity index (χ2v) is 16.1. The van der Waals surface area contributed by atoms with Crippen molar-refractivity contribution >= 4 is 26.7 Å². The van der Waals surface area contributed by atoms with E-state index in [1.54, 1.807) is 36.4 Å². The third-order valence-corrected chi connectivity index (χ3v) is 11.9. The molecule has 2 unspecified atom stereocenters. The SMILES string of the molecule is COc1cccc(OC)c1C(=O)[P+](=O)CCCCCCCCCc1ccccc1.COc1cccc(OC)c1C(=O)[P+](=O)CCCCCc1ccccc1. The van der Waals surface area contributed by atoms with E-state index >= 15 is 0 Å². The predicted molar refractivity (Wildman–Crippen MR) is 219 cm³/mol. The van der Waals surface area contributed by atoms with Gasteiger partial charge in [0.15, 0.2) is 23.5 Å². The van der Waals surface area contributed by atoms with E-state index < -0.39 is 21.1 Å². The molecular weight excluding hydrogens is 718 g/mol. The molecule has 10 heteroatoms. The predicted octanol–water partition coefficient (Wildman–Crippen LogP) is 11.7. The molecule has 0 aliphatic carbocycles. The number of ether oxygens (including phenoxy) is 4. The Morgan fingerprint density at radius 1 is 0.407 bits per heavy atom. The highest BCUT2D eigenvalue weighted by molar-refractivity contribution is 7.64. The molecule has 0 fully saturated rings. The van der Waals surface area contributed by atoms with Gasteiger partial charge >= 0.3 is 26.7 Å². The van der Waals surface area contributed by atoms with Crippen LogP contribution in [0.4, 0.5) is 0 Å². The van der Waals surface area contributed by atoms with Gasteiger partial charge < -0.3 is 18.9 Å². The van der Waals surface area contributed by atoms with Gasteiger partial charge in [0.25, 0.3) is 0 Å². The van der Waals surface area contributed by atoms with Gasteiger partial charge in [-0.05, 0) is 86.8 Å². The van der Waals surface area contributed by atoms with Gasteiger partial charge in [-0.25, -0.2) is 9.59 Å². The minimum atomic E-state index is -1.98. The molecule has 0 heterocycles. The molecule has 4 rings (SSSR count). The van der Waals surface area contributed by atoms with Crippen molar-refractivity contribution in [3.8, 4) is 23.0 Å². The number of hydrogen-bond acceptors (Lipinski definition) is 8. The number of unbranched alkanes of at least 4 members (excludes halogenated alkanes) is 8. The molecule has 8 nitrogen and oxygen atoms in total. The average Bonchev–Trinajstić information content (AvgIpc) is 3.22. The number of aryl methyl sites for hydroxylation is 2. The van der Waals surface area contributed by atoms with Crippen molar-refractivity contribution in [1.82, 2.24) is 0 Å². The van der Waals surface area contributed by atoms with Crippen LogP contribution in [0, 0.1) is 0 Å². The van der Waals surface area contributed by atoms with Gasteiger partial charge in [-0.2, -0.15) is 0 Å². The van der Waals surface area contributed by atoms with Crippen LogP contribution < -0.4 is 18.9 Å². The lowest BCUT2D eigenvalue weighted by Crippen LogP contribution is -2.03. The molecule has 0 saturated carbocycles. The molecule has 0 saturated heterocycles. The molecule has 0 aliphatic rings. The monoisotopic (exact) mass is 774 g/mol. The van der Waals surface area contributed by atoms with Gasteiger partial charge in [-0.15, -0.1) is 0 Å². The first kappa shape index (κ1) is 44.0. The van der Waals surface area contributed by atoms with Crippen molar-refractivity contribution in [3.63, 3.8) is 0 Å². The smallest absolute Gasteiger partial charge is 0.420 e. The Morgan fingerprint density at radius 3 is 1.04 bits per heavy atom. The largest absolute Gasteiger partial charge is 0.496 e. The van der Waals surface area contributed by atoms with Crippen LogP contribution >= 0.6 is 15.6 Å². The van der Waals surface area contributed by atoms with E-state index in [0.29, 0.717) is 35.3 Å². The fourth-order valence-corrected chi connectivity index (χ4v) is 8.46. The highest BCUT2D eigenvalue weighted by atomic mass is 31.1. The molecule has 0 N–H and O–H groups in total. The summed E-state index contributed by atoms with van der Waals surface area (Å²) in [5.74, 6) is 1.62. The maximum absolute atomic E-state index is 12.6.